The summed E-state index contributed by atoms with van der Waals surface area (Å²) < 4.78 is 7.90. The molecule has 0 aliphatic carbocycles. The molecule has 1 heterocycles. The van der Waals surface area contributed by atoms with Gasteiger partial charge in [-0.1, -0.05) is 44.0 Å². The second-order valence-corrected chi connectivity index (χ2v) is 7.12. The third kappa shape index (κ3) is 3.33. The van der Waals surface area contributed by atoms with Crippen molar-refractivity contribution in [3.63, 3.8) is 0 Å². The Kier molecular flexibility index (Phi) is 4.67. The maximum absolute atomic E-state index is 9.76. The monoisotopic (exact) mass is 410 g/mol. The van der Waals surface area contributed by atoms with Crippen molar-refractivity contribution in [2.75, 3.05) is 13.2 Å². The summed E-state index contributed by atoms with van der Waals surface area (Å²) in [7, 11) is 0. The summed E-state index contributed by atoms with van der Waals surface area (Å²) in [6.07, 6.45) is 1.74. The molecule has 1 atom stereocenters. The molecule has 3 rings (SSSR count). The molecule has 2 aromatic carbocycles. The summed E-state index contributed by atoms with van der Waals surface area (Å²) in [6.45, 7) is 0.879. The van der Waals surface area contributed by atoms with Crippen molar-refractivity contribution < 1.29 is 9.84 Å². The van der Waals surface area contributed by atoms with Gasteiger partial charge in [-0.2, -0.15) is 0 Å². The Morgan fingerprint density at radius 3 is 2.57 bits per heavy atom. The van der Waals surface area contributed by atoms with Crippen molar-refractivity contribution in [3.05, 3.63) is 62.0 Å². The summed E-state index contributed by atoms with van der Waals surface area (Å²) in [6, 6.07) is 12.4. The largest absolute Gasteiger partial charge is 0.493 e. The van der Waals surface area contributed by atoms with Crippen molar-refractivity contribution in [1.29, 1.82) is 0 Å². The molecule has 4 heteroatoms. The predicted octanol–water partition coefficient (Wildman–Crippen LogP) is 4.47. The Hall–Kier alpha value is -0.840. The van der Waals surface area contributed by atoms with E-state index in [1.54, 1.807) is 0 Å². The molecule has 1 aliphatic rings. The lowest BCUT2D eigenvalue weighted by Gasteiger charge is -2.17. The quantitative estimate of drug-likeness (QED) is 0.804. The first kappa shape index (κ1) is 15.1. The van der Waals surface area contributed by atoms with E-state index in [9.17, 15) is 5.11 Å². The van der Waals surface area contributed by atoms with E-state index in [0.29, 0.717) is 0 Å². The Labute approximate surface area is 141 Å². The molecule has 0 spiro atoms. The lowest BCUT2D eigenvalue weighted by atomic mass is 9.91. The molecule has 2 nitrogen and oxygen atoms in total. The smallest absolute Gasteiger partial charge is 0.125 e. The first-order chi connectivity index (χ1) is 10.2. The number of aliphatic hydroxyl groups is 1. The van der Waals surface area contributed by atoms with Crippen LogP contribution in [0.1, 0.15) is 22.6 Å². The second-order valence-electron chi connectivity index (χ2n) is 5.29. The number of fused-ring (bicyclic) bond motifs is 1. The first-order valence-corrected chi connectivity index (χ1v) is 8.56. The normalized spacial score (nSPS) is 14.6. The molecular weight excluding hydrogens is 396 g/mol. The van der Waals surface area contributed by atoms with Crippen LogP contribution in [-0.2, 0) is 12.8 Å². The highest BCUT2D eigenvalue weighted by Crippen LogP contribution is 2.36. The van der Waals surface area contributed by atoms with Gasteiger partial charge in [-0.3, -0.25) is 0 Å². The SMILES string of the molecule is OCC(Cc1cc(Br)cc2c1OCC2)c1ccc(Br)cc1. The number of rotatable bonds is 4. The number of hydrogen-bond acceptors (Lipinski definition) is 2. The summed E-state index contributed by atoms with van der Waals surface area (Å²) in [4.78, 5) is 0. The van der Waals surface area contributed by atoms with E-state index in [-0.39, 0.29) is 12.5 Å². The standard InChI is InChI=1S/C17H16Br2O2/c18-15-3-1-11(2-4-15)14(10-20)7-13-9-16(19)8-12-5-6-21-17(12)13/h1-4,8-9,14,20H,5-7,10H2. The van der Waals surface area contributed by atoms with Crippen LogP contribution >= 0.6 is 31.9 Å². The van der Waals surface area contributed by atoms with Crippen molar-refractivity contribution in [2.45, 2.75) is 18.8 Å². The Bertz CT molecular complexity index is 638. The van der Waals surface area contributed by atoms with E-state index in [4.69, 9.17) is 4.74 Å². The predicted molar refractivity (Wildman–Crippen MR) is 91.0 cm³/mol. The lowest BCUT2D eigenvalue weighted by Crippen LogP contribution is -2.08. The van der Waals surface area contributed by atoms with Gasteiger partial charge in [0.1, 0.15) is 5.75 Å². The van der Waals surface area contributed by atoms with E-state index in [1.807, 2.05) is 12.1 Å². The highest BCUT2D eigenvalue weighted by molar-refractivity contribution is 9.10. The van der Waals surface area contributed by atoms with Crippen molar-refractivity contribution in [3.8, 4) is 5.75 Å². The van der Waals surface area contributed by atoms with Gasteiger partial charge >= 0.3 is 0 Å². The summed E-state index contributed by atoms with van der Waals surface area (Å²) in [5.41, 5.74) is 3.57. The van der Waals surface area contributed by atoms with Crippen LogP contribution < -0.4 is 4.74 Å². The van der Waals surface area contributed by atoms with Crippen LogP contribution in [0.25, 0.3) is 0 Å². The fraction of sp³-hybridized carbons (Fsp3) is 0.294. The van der Waals surface area contributed by atoms with E-state index < -0.39 is 0 Å². The zero-order chi connectivity index (χ0) is 14.8. The summed E-state index contributed by atoms with van der Waals surface area (Å²) in [5.74, 6) is 1.09. The molecular formula is C17H16Br2O2. The number of halogens is 2. The zero-order valence-electron chi connectivity index (χ0n) is 11.5. The lowest BCUT2D eigenvalue weighted by molar-refractivity contribution is 0.263. The fourth-order valence-corrected chi connectivity index (χ4v) is 3.60. The molecule has 0 saturated carbocycles. The Balaban J connectivity index is 1.89. The summed E-state index contributed by atoms with van der Waals surface area (Å²) in [5, 5.41) is 9.76. The highest BCUT2D eigenvalue weighted by Gasteiger charge is 2.20. The maximum Gasteiger partial charge on any atom is 0.125 e. The van der Waals surface area contributed by atoms with Crippen molar-refractivity contribution in [2.24, 2.45) is 0 Å². The third-order valence-electron chi connectivity index (χ3n) is 3.85. The topological polar surface area (TPSA) is 29.5 Å². The Morgan fingerprint density at radius 1 is 1.10 bits per heavy atom. The van der Waals surface area contributed by atoms with Crippen LogP contribution in [-0.4, -0.2) is 18.3 Å². The molecule has 0 aromatic heterocycles. The van der Waals surface area contributed by atoms with Crippen LogP contribution in [0.15, 0.2) is 45.3 Å². The molecule has 0 bridgehead atoms. The van der Waals surface area contributed by atoms with E-state index in [1.165, 1.54) is 11.1 Å². The molecule has 0 amide bonds. The van der Waals surface area contributed by atoms with Crippen LogP contribution in [0.3, 0.4) is 0 Å². The minimum atomic E-state index is 0.0840. The van der Waals surface area contributed by atoms with E-state index in [2.05, 4.69) is 56.1 Å². The zero-order valence-corrected chi connectivity index (χ0v) is 14.7. The van der Waals surface area contributed by atoms with Gasteiger partial charge in [-0.05, 0) is 47.4 Å². The number of hydrogen-bond donors (Lipinski definition) is 1. The van der Waals surface area contributed by atoms with Crippen molar-refractivity contribution >= 4 is 31.9 Å². The van der Waals surface area contributed by atoms with Crippen LogP contribution in [0.5, 0.6) is 5.75 Å². The number of ether oxygens (including phenoxy) is 1. The molecule has 1 unspecified atom stereocenters. The average molecular weight is 412 g/mol. The van der Waals surface area contributed by atoms with Crippen LogP contribution in [0.2, 0.25) is 0 Å². The van der Waals surface area contributed by atoms with Gasteiger partial charge in [-0.25, -0.2) is 0 Å². The minimum absolute atomic E-state index is 0.0840. The molecule has 0 fully saturated rings. The minimum Gasteiger partial charge on any atom is -0.493 e. The Morgan fingerprint density at radius 2 is 1.86 bits per heavy atom. The molecule has 0 saturated heterocycles. The number of benzene rings is 2. The van der Waals surface area contributed by atoms with Gasteiger partial charge in [0.25, 0.3) is 0 Å². The van der Waals surface area contributed by atoms with Gasteiger partial charge in [-0.15, -0.1) is 0 Å². The second kappa shape index (κ2) is 6.51. The molecule has 0 radical (unpaired) electrons. The van der Waals surface area contributed by atoms with Gasteiger partial charge in [0.05, 0.1) is 13.2 Å². The molecule has 110 valence electrons. The fourth-order valence-electron chi connectivity index (χ4n) is 2.79. The van der Waals surface area contributed by atoms with Crippen LogP contribution in [0.4, 0.5) is 0 Å². The summed E-state index contributed by atoms with van der Waals surface area (Å²) >= 11 is 7.01. The van der Waals surface area contributed by atoms with Gasteiger partial charge in [0.15, 0.2) is 0 Å². The van der Waals surface area contributed by atoms with Crippen molar-refractivity contribution in [1.82, 2.24) is 0 Å². The third-order valence-corrected chi connectivity index (χ3v) is 4.84. The molecule has 1 N–H and O–H groups in total. The van der Waals surface area contributed by atoms with Gasteiger partial charge in [0.2, 0.25) is 0 Å². The van der Waals surface area contributed by atoms with E-state index in [0.717, 1.165) is 39.7 Å². The van der Waals surface area contributed by atoms with Crippen LogP contribution in [0, 0.1) is 0 Å². The van der Waals surface area contributed by atoms with E-state index >= 15 is 0 Å². The maximum atomic E-state index is 9.76. The average Bonchev–Trinajstić information content (AvgIpc) is 2.94. The van der Waals surface area contributed by atoms with Gasteiger partial charge in [0, 0.05) is 21.3 Å². The highest BCUT2D eigenvalue weighted by atomic mass is 79.9. The molecule has 1 aliphatic heterocycles. The van der Waals surface area contributed by atoms with Gasteiger partial charge < -0.3 is 9.84 Å². The molecule has 21 heavy (non-hydrogen) atoms. The first-order valence-electron chi connectivity index (χ1n) is 6.98. The molecule has 2 aromatic rings. The number of aliphatic hydroxyl groups excluding tert-OH is 1.